The molecule has 1 aliphatic rings. The molecule has 2 aromatic rings. The molecule has 3 rings (SSSR count). The van der Waals surface area contributed by atoms with Crippen LogP contribution in [0.25, 0.3) is 0 Å². The smallest absolute Gasteiger partial charge is 0.265 e. The van der Waals surface area contributed by atoms with Crippen LogP contribution in [0.15, 0.2) is 47.4 Å². The van der Waals surface area contributed by atoms with Crippen LogP contribution in [0.3, 0.4) is 0 Å². The Hall–Kier alpha value is -2.13. The number of rotatable bonds is 6. The number of benzene rings is 2. The molecular formula is C20H23ClN2O5S. The number of halogens is 1. The number of aryl methyl sites for hydroxylation is 1. The van der Waals surface area contributed by atoms with E-state index in [4.69, 9.17) is 21.1 Å². The number of nitrogens with one attached hydrogen (secondary N) is 1. The van der Waals surface area contributed by atoms with Crippen molar-refractivity contribution in [3.05, 3.63) is 53.1 Å². The molecule has 1 aliphatic heterocycles. The molecule has 2 aromatic carbocycles. The van der Waals surface area contributed by atoms with Gasteiger partial charge in [0.1, 0.15) is 5.75 Å². The molecule has 29 heavy (non-hydrogen) atoms. The van der Waals surface area contributed by atoms with Crippen LogP contribution in [0, 0.1) is 6.92 Å². The highest BCUT2D eigenvalue weighted by atomic mass is 35.5. The molecule has 0 aliphatic carbocycles. The van der Waals surface area contributed by atoms with Gasteiger partial charge in [0.05, 0.1) is 18.1 Å². The third-order valence-corrected chi connectivity index (χ3v) is 6.68. The van der Waals surface area contributed by atoms with Crippen molar-refractivity contribution < 1.29 is 22.7 Å². The number of hydrogen-bond donors (Lipinski definition) is 1. The van der Waals surface area contributed by atoms with E-state index in [-0.39, 0.29) is 4.90 Å². The van der Waals surface area contributed by atoms with Gasteiger partial charge in [-0.25, -0.2) is 8.42 Å². The fourth-order valence-electron chi connectivity index (χ4n) is 2.86. The zero-order chi connectivity index (χ0) is 21.0. The van der Waals surface area contributed by atoms with E-state index >= 15 is 0 Å². The number of anilines is 1. The summed E-state index contributed by atoms with van der Waals surface area (Å²) in [5.41, 5.74) is 1.17. The Labute approximate surface area is 175 Å². The number of amides is 1. The third kappa shape index (κ3) is 5.27. The predicted octanol–water partition coefficient (Wildman–Crippen LogP) is 3.08. The molecule has 1 unspecified atom stereocenters. The highest BCUT2D eigenvalue weighted by molar-refractivity contribution is 7.89. The number of carbonyl (C=O) groups is 1. The summed E-state index contributed by atoms with van der Waals surface area (Å²) in [6, 6.07) is 11.5. The molecule has 0 spiro atoms. The van der Waals surface area contributed by atoms with E-state index in [9.17, 15) is 13.2 Å². The van der Waals surface area contributed by atoms with Crippen molar-refractivity contribution >= 4 is 33.2 Å². The lowest BCUT2D eigenvalue weighted by atomic mass is 10.2. The van der Waals surface area contributed by atoms with Crippen molar-refractivity contribution in [1.82, 2.24) is 4.31 Å². The minimum Gasteiger partial charge on any atom is -0.481 e. The first-order valence-electron chi connectivity index (χ1n) is 9.19. The topological polar surface area (TPSA) is 84.9 Å². The Morgan fingerprint density at radius 1 is 1.21 bits per heavy atom. The number of carbonyl (C=O) groups excluding carboxylic acids is 1. The van der Waals surface area contributed by atoms with Gasteiger partial charge in [-0.2, -0.15) is 4.31 Å². The van der Waals surface area contributed by atoms with Crippen LogP contribution in [0.2, 0.25) is 5.02 Å². The SMILES string of the molecule is Cc1ccc(S(=O)(=O)N2CCOCC2)cc1NC(=O)C(C)Oc1cccc(Cl)c1. The van der Waals surface area contributed by atoms with Gasteiger partial charge in [0.15, 0.2) is 6.10 Å². The van der Waals surface area contributed by atoms with Crippen LogP contribution in [-0.2, 0) is 19.6 Å². The van der Waals surface area contributed by atoms with Crippen LogP contribution in [0.1, 0.15) is 12.5 Å². The Morgan fingerprint density at radius 2 is 1.93 bits per heavy atom. The summed E-state index contributed by atoms with van der Waals surface area (Å²) in [7, 11) is -3.65. The zero-order valence-corrected chi connectivity index (χ0v) is 17.8. The molecule has 1 atom stereocenters. The van der Waals surface area contributed by atoms with Crippen molar-refractivity contribution in [2.45, 2.75) is 24.8 Å². The Morgan fingerprint density at radius 3 is 2.62 bits per heavy atom. The van der Waals surface area contributed by atoms with E-state index in [2.05, 4.69) is 5.32 Å². The second kappa shape index (κ2) is 9.13. The lowest BCUT2D eigenvalue weighted by Gasteiger charge is -2.26. The second-order valence-electron chi connectivity index (χ2n) is 6.70. The summed E-state index contributed by atoms with van der Waals surface area (Å²) >= 11 is 5.93. The van der Waals surface area contributed by atoms with Crippen LogP contribution in [-0.4, -0.2) is 51.0 Å². The minimum absolute atomic E-state index is 0.128. The predicted molar refractivity (Wildman–Crippen MR) is 111 cm³/mol. The highest BCUT2D eigenvalue weighted by Gasteiger charge is 2.27. The normalized spacial score (nSPS) is 16.2. The fraction of sp³-hybridized carbons (Fsp3) is 0.350. The lowest BCUT2D eigenvalue weighted by Crippen LogP contribution is -2.40. The number of morpholine rings is 1. The van der Waals surface area contributed by atoms with E-state index < -0.39 is 22.0 Å². The minimum atomic E-state index is -3.65. The van der Waals surface area contributed by atoms with Crippen LogP contribution in [0.4, 0.5) is 5.69 Å². The Balaban J connectivity index is 1.75. The summed E-state index contributed by atoms with van der Waals surface area (Å²) in [4.78, 5) is 12.7. The van der Waals surface area contributed by atoms with E-state index in [0.717, 1.165) is 5.56 Å². The quantitative estimate of drug-likeness (QED) is 0.749. The van der Waals surface area contributed by atoms with Gasteiger partial charge in [-0.3, -0.25) is 4.79 Å². The number of nitrogens with zero attached hydrogens (tertiary/aromatic N) is 1. The first-order chi connectivity index (χ1) is 13.8. The average Bonchev–Trinajstić information content (AvgIpc) is 2.70. The zero-order valence-electron chi connectivity index (χ0n) is 16.2. The molecule has 1 fully saturated rings. The standard InChI is InChI=1S/C20H23ClN2O5S/c1-14-6-7-18(29(25,26)23-8-10-27-11-9-23)13-19(14)22-20(24)15(2)28-17-5-3-4-16(21)12-17/h3-7,12-13,15H,8-11H2,1-2H3,(H,22,24). The Bertz CT molecular complexity index is 990. The summed E-state index contributed by atoms with van der Waals surface area (Å²) in [5.74, 6) is 0.0783. The van der Waals surface area contributed by atoms with Crippen molar-refractivity contribution in [2.75, 3.05) is 31.6 Å². The summed E-state index contributed by atoms with van der Waals surface area (Å²) in [5, 5.41) is 3.26. The molecule has 1 saturated heterocycles. The van der Waals surface area contributed by atoms with Gasteiger partial charge in [0.25, 0.3) is 5.91 Å². The van der Waals surface area contributed by atoms with Crippen molar-refractivity contribution in [3.63, 3.8) is 0 Å². The molecule has 9 heteroatoms. The van der Waals surface area contributed by atoms with Gasteiger partial charge >= 0.3 is 0 Å². The summed E-state index contributed by atoms with van der Waals surface area (Å²) in [6.45, 7) is 4.76. The van der Waals surface area contributed by atoms with Gasteiger partial charge in [0, 0.05) is 23.8 Å². The van der Waals surface area contributed by atoms with Gasteiger partial charge in [-0.15, -0.1) is 0 Å². The fourth-order valence-corrected chi connectivity index (χ4v) is 4.48. The summed E-state index contributed by atoms with van der Waals surface area (Å²) in [6.07, 6.45) is -0.799. The molecule has 0 saturated carbocycles. The van der Waals surface area contributed by atoms with Crippen molar-refractivity contribution in [3.8, 4) is 5.75 Å². The van der Waals surface area contributed by atoms with Crippen LogP contribution >= 0.6 is 11.6 Å². The number of sulfonamides is 1. The molecule has 1 heterocycles. The number of hydrogen-bond acceptors (Lipinski definition) is 5. The largest absolute Gasteiger partial charge is 0.481 e. The maximum absolute atomic E-state index is 12.9. The van der Waals surface area contributed by atoms with E-state index in [0.29, 0.717) is 42.8 Å². The molecule has 0 radical (unpaired) electrons. The lowest BCUT2D eigenvalue weighted by molar-refractivity contribution is -0.122. The molecule has 1 N–H and O–H groups in total. The van der Waals surface area contributed by atoms with E-state index in [1.165, 1.54) is 10.4 Å². The molecule has 0 bridgehead atoms. The van der Waals surface area contributed by atoms with E-state index in [1.807, 2.05) is 0 Å². The maximum atomic E-state index is 12.9. The monoisotopic (exact) mass is 438 g/mol. The molecule has 7 nitrogen and oxygen atoms in total. The molecular weight excluding hydrogens is 416 g/mol. The Kier molecular flexibility index (Phi) is 6.79. The van der Waals surface area contributed by atoms with Gasteiger partial charge in [-0.05, 0) is 49.7 Å². The molecule has 156 valence electrons. The third-order valence-electron chi connectivity index (χ3n) is 4.55. The second-order valence-corrected chi connectivity index (χ2v) is 9.07. The maximum Gasteiger partial charge on any atom is 0.265 e. The first kappa shape index (κ1) is 21.6. The van der Waals surface area contributed by atoms with Crippen molar-refractivity contribution in [1.29, 1.82) is 0 Å². The summed E-state index contributed by atoms with van der Waals surface area (Å²) < 4.78 is 38.0. The highest BCUT2D eigenvalue weighted by Crippen LogP contribution is 2.24. The van der Waals surface area contributed by atoms with Gasteiger partial charge < -0.3 is 14.8 Å². The van der Waals surface area contributed by atoms with Crippen LogP contribution in [0.5, 0.6) is 5.75 Å². The molecule has 0 aromatic heterocycles. The van der Waals surface area contributed by atoms with E-state index in [1.54, 1.807) is 50.2 Å². The van der Waals surface area contributed by atoms with Gasteiger partial charge in [0.2, 0.25) is 10.0 Å². The number of ether oxygens (including phenoxy) is 2. The van der Waals surface area contributed by atoms with Crippen molar-refractivity contribution in [2.24, 2.45) is 0 Å². The first-order valence-corrected chi connectivity index (χ1v) is 11.0. The molecule has 1 amide bonds. The average molecular weight is 439 g/mol. The van der Waals surface area contributed by atoms with Crippen LogP contribution < -0.4 is 10.1 Å². The van der Waals surface area contributed by atoms with Gasteiger partial charge in [-0.1, -0.05) is 23.7 Å².